The number of carbonyl (C=O) groups excluding carboxylic acids is 2. The molecular formula is C20H19F3N2O6. The standard InChI is InChI=1S/C20H19F3N2O6/c1-30-12-6-4-11(5-7-12)19(29)15(17(27)20(21,22)23)16(24-18(28)25-19)10-3-8-13(26)14(9-10)31-2/h3-9,15-16,26,29H,1-2H3,(H2,24,25,28)/t15-,16-,19+/m0/s1. The van der Waals surface area contributed by atoms with Gasteiger partial charge in [-0.3, -0.25) is 4.79 Å². The van der Waals surface area contributed by atoms with E-state index in [1.165, 1.54) is 50.6 Å². The average molecular weight is 440 g/mol. The number of amides is 2. The van der Waals surface area contributed by atoms with E-state index >= 15 is 0 Å². The molecule has 0 saturated carbocycles. The minimum atomic E-state index is -5.31. The summed E-state index contributed by atoms with van der Waals surface area (Å²) in [4.78, 5) is 24.8. The van der Waals surface area contributed by atoms with Crippen molar-refractivity contribution in [2.24, 2.45) is 5.92 Å². The fourth-order valence-electron chi connectivity index (χ4n) is 3.53. The second-order valence-corrected chi connectivity index (χ2v) is 6.84. The quantitative estimate of drug-likeness (QED) is 0.567. The van der Waals surface area contributed by atoms with E-state index in [9.17, 15) is 33.0 Å². The van der Waals surface area contributed by atoms with Crippen LogP contribution in [0.2, 0.25) is 0 Å². The second kappa shape index (κ2) is 7.99. The van der Waals surface area contributed by atoms with Crippen molar-refractivity contribution in [2.45, 2.75) is 17.9 Å². The van der Waals surface area contributed by atoms with Crippen LogP contribution in [0.3, 0.4) is 0 Å². The van der Waals surface area contributed by atoms with Gasteiger partial charge < -0.3 is 30.3 Å². The number of halogens is 3. The molecule has 31 heavy (non-hydrogen) atoms. The Morgan fingerprint density at radius 3 is 2.29 bits per heavy atom. The maximum Gasteiger partial charge on any atom is 0.450 e. The summed E-state index contributed by atoms with van der Waals surface area (Å²) in [6.45, 7) is 0. The molecule has 0 spiro atoms. The zero-order valence-electron chi connectivity index (χ0n) is 16.4. The number of methoxy groups -OCH3 is 2. The first kappa shape index (κ1) is 22.2. The van der Waals surface area contributed by atoms with Gasteiger partial charge in [0.25, 0.3) is 0 Å². The van der Waals surface area contributed by atoms with Gasteiger partial charge in [-0.2, -0.15) is 13.2 Å². The summed E-state index contributed by atoms with van der Waals surface area (Å²) in [6, 6.07) is 6.18. The van der Waals surface area contributed by atoms with Crippen molar-refractivity contribution in [3.63, 3.8) is 0 Å². The highest BCUT2D eigenvalue weighted by atomic mass is 19.4. The van der Waals surface area contributed by atoms with Gasteiger partial charge in [0.1, 0.15) is 11.7 Å². The molecule has 0 aromatic heterocycles. The Kier molecular flexibility index (Phi) is 5.72. The molecule has 1 aliphatic heterocycles. The van der Waals surface area contributed by atoms with Gasteiger partial charge in [-0.15, -0.1) is 0 Å². The fraction of sp³-hybridized carbons (Fsp3) is 0.300. The topological polar surface area (TPSA) is 117 Å². The molecule has 166 valence electrons. The number of carbonyl (C=O) groups is 2. The highest BCUT2D eigenvalue weighted by molar-refractivity contribution is 5.91. The lowest BCUT2D eigenvalue weighted by Gasteiger charge is -2.45. The molecule has 1 aliphatic rings. The van der Waals surface area contributed by atoms with Crippen molar-refractivity contribution >= 4 is 11.8 Å². The van der Waals surface area contributed by atoms with E-state index in [1.54, 1.807) is 0 Å². The largest absolute Gasteiger partial charge is 0.504 e. The van der Waals surface area contributed by atoms with E-state index in [-0.39, 0.29) is 22.6 Å². The Balaban J connectivity index is 2.19. The lowest BCUT2D eigenvalue weighted by atomic mass is 9.76. The Hall–Kier alpha value is -3.47. The van der Waals surface area contributed by atoms with Gasteiger partial charge in [-0.25, -0.2) is 4.79 Å². The van der Waals surface area contributed by atoms with E-state index in [4.69, 9.17) is 9.47 Å². The highest BCUT2D eigenvalue weighted by Crippen LogP contribution is 2.44. The number of phenols is 1. The van der Waals surface area contributed by atoms with E-state index in [0.29, 0.717) is 5.75 Å². The number of aliphatic hydroxyl groups is 1. The smallest absolute Gasteiger partial charge is 0.450 e. The van der Waals surface area contributed by atoms with Crippen LogP contribution in [0, 0.1) is 5.92 Å². The number of hydrogen-bond acceptors (Lipinski definition) is 6. The van der Waals surface area contributed by atoms with Crippen LogP contribution in [0.15, 0.2) is 42.5 Å². The Morgan fingerprint density at radius 2 is 1.74 bits per heavy atom. The number of rotatable bonds is 5. The Bertz CT molecular complexity index is 995. The van der Waals surface area contributed by atoms with E-state index < -0.39 is 35.7 Å². The Labute approximate surface area is 174 Å². The van der Waals surface area contributed by atoms with Crippen molar-refractivity contribution in [3.05, 3.63) is 53.6 Å². The van der Waals surface area contributed by atoms with Gasteiger partial charge in [-0.1, -0.05) is 18.2 Å². The Morgan fingerprint density at radius 1 is 1.10 bits per heavy atom. The minimum absolute atomic E-state index is 0.0130. The second-order valence-electron chi connectivity index (χ2n) is 6.84. The molecule has 0 unspecified atom stereocenters. The third kappa shape index (κ3) is 4.08. The number of alkyl halides is 3. The molecule has 2 amide bonds. The van der Waals surface area contributed by atoms with Crippen molar-refractivity contribution in [1.82, 2.24) is 10.6 Å². The monoisotopic (exact) mass is 440 g/mol. The van der Waals surface area contributed by atoms with Crippen LogP contribution in [-0.2, 0) is 10.5 Å². The highest BCUT2D eigenvalue weighted by Gasteiger charge is 2.59. The van der Waals surface area contributed by atoms with Crippen LogP contribution in [0.1, 0.15) is 17.2 Å². The normalized spacial score (nSPS) is 23.5. The number of ketones is 1. The van der Waals surface area contributed by atoms with Crippen LogP contribution in [0.25, 0.3) is 0 Å². The molecule has 3 atom stereocenters. The summed E-state index contributed by atoms with van der Waals surface area (Å²) in [5, 5.41) is 25.4. The van der Waals surface area contributed by atoms with Gasteiger partial charge in [0.05, 0.1) is 20.3 Å². The lowest BCUT2D eigenvalue weighted by molar-refractivity contribution is -0.190. The molecule has 1 fully saturated rings. The number of nitrogens with one attached hydrogen (secondary N) is 2. The van der Waals surface area contributed by atoms with Gasteiger partial charge in [-0.05, 0) is 29.8 Å². The number of hydrogen-bond donors (Lipinski definition) is 4. The molecule has 2 aromatic carbocycles. The molecule has 4 N–H and O–H groups in total. The van der Waals surface area contributed by atoms with Crippen LogP contribution in [0.5, 0.6) is 17.2 Å². The number of benzene rings is 2. The third-order valence-corrected chi connectivity index (χ3v) is 5.03. The van der Waals surface area contributed by atoms with Gasteiger partial charge >= 0.3 is 12.2 Å². The fourth-order valence-corrected chi connectivity index (χ4v) is 3.53. The van der Waals surface area contributed by atoms with Crippen LogP contribution >= 0.6 is 0 Å². The molecule has 2 aromatic rings. The summed E-state index contributed by atoms with van der Waals surface area (Å²) < 4.78 is 50.5. The molecule has 1 heterocycles. The molecule has 3 rings (SSSR count). The zero-order valence-corrected chi connectivity index (χ0v) is 16.4. The maximum atomic E-state index is 13.5. The van der Waals surface area contributed by atoms with Crippen LogP contribution in [0.4, 0.5) is 18.0 Å². The van der Waals surface area contributed by atoms with Crippen molar-refractivity contribution in [1.29, 1.82) is 0 Å². The molecule has 0 bridgehead atoms. The molecule has 0 aliphatic carbocycles. The van der Waals surface area contributed by atoms with E-state index in [0.717, 1.165) is 6.07 Å². The first-order valence-corrected chi connectivity index (χ1v) is 8.94. The average Bonchev–Trinajstić information content (AvgIpc) is 2.72. The van der Waals surface area contributed by atoms with Gasteiger partial charge in [0.2, 0.25) is 5.78 Å². The molecule has 11 heteroatoms. The SMILES string of the molecule is COc1ccc([C@]2(O)NC(=O)N[C@@H](c3ccc(O)c(OC)c3)[C@H]2C(=O)C(F)(F)F)cc1. The first-order chi connectivity index (χ1) is 14.5. The van der Waals surface area contributed by atoms with Crippen molar-refractivity contribution in [3.8, 4) is 17.2 Å². The molecule has 8 nitrogen and oxygen atoms in total. The predicted octanol–water partition coefficient (Wildman–Crippen LogP) is 2.36. The number of ether oxygens (including phenoxy) is 2. The summed E-state index contributed by atoms with van der Waals surface area (Å²) in [6.07, 6.45) is -5.31. The molecule has 0 radical (unpaired) electrons. The van der Waals surface area contributed by atoms with Gasteiger partial charge in [0.15, 0.2) is 17.2 Å². The zero-order chi connectivity index (χ0) is 23.0. The van der Waals surface area contributed by atoms with E-state index in [1.807, 2.05) is 0 Å². The molecular weight excluding hydrogens is 421 g/mol. The molecule has 1 saturated heterocycles. The number of urea groups is 1. The summed E-state index contributed by atoms with van der Waals surface area (Å²) in [7, 11) is 2.60. The van der Waals surface area contributed by atoms with Crippen LogP contribution < -0.4 is 20.1 Å². The number of aromatic hydroxyl groups is 1. The van der Waals surface area contributed by atoms with Crippen LogP contribution in [-0.4, -0.2) is 42.4 Å². The summed E-state index contributed by atoms with van der Waals surface area (Å²) in [5.74, 6) is -4.48. The maximum absolute atomic E-state index is 13.5. The lowest BCUT2D eigenvalue weighted by Crippen LogP contribution is -2.66. The summed E-state index contributed by atoms with van der Waals surface area (Å²) in [5.41, 5.74) is -2.84. The third-order valence-electron chi connectivity index (χ3n) is 5.03. The van der Waals surface area contributed by atoms with E-state index in [2.05, 4.69) is 10.6 Å². The first-order valence-electron chi connectivity index (χ1n) is 8.94. The number of Topliss-reactive ketones (excluding diaryl/α,β-unsaturated/α-hetero) is 1. The number of phenolic OH excluding ortho intramolecular Hbond substituents is 1. The minimum Gasteiger partial charge on any atom is -0.504 e. The summed E-state index contributed by atoms with van der Waals surface area (Å²) >= 11 is 0. The van der Waals surface area contributed by atoms with Gasteiger partial charge in [0, 0.05) is 5.56 Å². The predicted molar refractivity (Wildman–Crippen MR) is 101 cm³/mol. The van der Waals surface area contributed by atoms with Crippen molar-refractivity contribution < 1.29 is 42.4 Å². The van der Waals surface area contributed by atoms with Crippen molar-refractivity contribution in [2.75, 3.05) is 14.2 Å².